The Labute approximate surface area is 100 Å². The largest absolute Gasteiger partial charge is 0.484 e. The zero-order valence-corrected chi connectivity index (χ0v) is 12.9. The summed E-state index contributed by atoms with van der Waals surface area (Å²) < 4.78 is 0. The smallest absolute Gasteiger partial charge is 0 e. The third-order valence-corrected chi connectivity index (χ3v) is 0.247. The standard InChI is InChI=1S/C3H8N2.U.V.W/c1-3(5)2-4;;;/h2-3H,1,4-5H2;;;/q-2;;;. The fourth-order valence-corrected chi connectivity index (χ4v) is 0. The van der Waals surface area contributed by atoms with E-state index in [9.17, 15) is 0 Å². The van der Waals surface area contributed by atoms with E-state index in [0.717, 1.165) is 0 Å². The monoisotopic (exact) mass is 545 g/mol. The molecule has 0 amide bonds. The van der Waals surface area contributed by atoms with Crippen molar-refractivity contribution in [3.05, 3.63) is 13.5 Å². The molecule has 0 aliphatic rings. The maximum atomic E-state index is 5.00. The average Bonchev–Trinajstić information content (AvgIpc) is 1.38. The molecule has 47 valence electrons. The van der Waals surface area contributed by atoms with Gasteiger partial charge in [-0.1, -0.05) is 0 Å². The van der Waals surface area contributed by atoms with Crippen molar-refractivity contribution in [2.24, 2.45) is 11.5 Å². The Morgan fingerprint density at radius 2 is 1.62 bits per heavy atom. The summed E-state index contributed by atoms with van der Waals surface area (Å²) in [6, 6.07) is -0.213. The van der Waals surface area contributed by atoms with Gasteiger partial charge in [-0.2, -0.15) is 0 Å². The molecule has 1 radical (unpaired) electrons. The second-order valence-corrected chi connectivity index (χ2v) is 0.856. The normalized spacial score (nSPS) is 9.38. The molecule has 2 nitrogen and oxygen atoms in total. The van der Waals surface area contributed by atoms with Gasteiger partial charge in [0.05, 0.1) is 0 Å². The summed E-state index contributed by atoms with van der Waals surface area (Å²) in [5, 5.41) is 0. The molecular weight excluding hydrogens is 537 g/mol. The predicted molar refractivity (Wildman–Crippen MR) is 21.8 cm³/mol. The van der Waals surface area contributed by atoms with Gasteiger partial charge in [-0.05, 0) is 0 Å². The van der Waals surface area contributed by atoms with Crippen LogP contribution in [0.3, 0.4) is 0 Å². The summed E-state index contributed by atoms with van der Waals surface area (Å²) in [6.45, 7) is 4.69. The van der Waals surface area contributed by atoms with E-state index in [-0.39, 0.29) is 76.8 Å². The van der Waals surface area contributed by atoms with E-state index in [0.29, 0.717) is 0 Å². The van der Waals surface area contributed by atoms with Gasteiger partial charge in [-0.25, -0.2) is 6.04 Å². The first-order chi connectivity index (χ1) is 2.27. The van der Waals surface area contributed by atoms with Gasteiger partial charge in [0.25, 0.3) is 0 Å². The molecule has 1 atom stereocenters. The van der Waals surface area contributed by atoms with Gasteiger partial charge < -0.3 is 18.4 Å². The fraction of sp³-hybridized carbons (Fsp3) is 0.333. The van der Waals surface area contributed by atoms with E-state index in [1.807, 2.05) is 0 Å². The van der Waals surface area contributed by atoms with Crippen molar-refractivity contribution in [3.63, 3.8) is 0 Å². The Balaban J connectivity index is -0.0000000267. The zero-order chi connectivity index (χ0) is 4.28. The van der Waals surface area contributed by atoms with Crippen LogP contribution in [0.2, 0.25) is 0 Å². The van der Waals surface area contributed by atoms with Crippen molar-refractivity contribution < 1.29 is 70.7 Å². The minimum Gasteiger partial charge on any atom is -0.484 e. The molecule has 4 N–H and O–H groups in total. The second kappa shape index (κ2) is 16.1. The van der Waals surface area contributed by atoms with Crippen LogP contribution in [0.4, 0.5) is 0 Å². The Bertz CT molecular complexity index is 31.2. The van der Waals surface area contributed by atoms with E-state index in [1.165, 1.54) is 6.54 Å². The molecule has 5 heteroatoms. The van der Waals surface area contributed by atoms with Crippen LogP contribution >= 0.6 is 0 Å². The molecule has 1 unspecified atom stereocenters. The quantitative estimate of drug-likeness (QED) is 0.428. The molecule has 0 aromatic carbocycles. The van der Waals surface area contributed by atoms with Crippen LogP contribution in [0.1, 0.15) is 0 Å². The second-order valence-electron chi connectivity index (χ2n) is 0.856. The van der Waals surface area contributed by atoms with Crippen molar-refractivity contribution in [2.45, 2.75) is 6.04 Å². The average molecular weight is 545 g/mol. The van der Waals surface area contributed by atoms with Crippen molar-refractivity contribution in [2.75, 3.05) is 0 Å². The van der Waals surface area contributed by atoms with E-state index in [1.54, 1.807) is 0 Å². The third-order valence-electron chi connectivity index (χ3n) is 0.247. The minimum atomic E-state index is -0.213. The maximum absolute atomic E-state index is 5.00. The number of hydrogen-bond donors (Lipinski definition) is 2. The minimum absolute atomic E-state index is 0. The number of hydrogen-bond acceptors (Lipinski definition) is 2. The maximum Gasteiger partial charge on any atom is 0 e. The summed E-state index contributed by atoms with van der Waals surface area (Å²) >= 11 is 0. The van der Waals surface area contributed by atoms with Crippen molar-refractivity contribution in [1.29, 1.82) is 0 Å². The van der Waals surface area contributed by atoms with Gasteiger partial charge in [-0.3, -0.25) is 6.54 Å². The van der Waals surface area contributed by atoms with Crippen LogP contribution in [0.15, 0.2) is 0 Å². The van der Waals surface area contributed by atoms with E-state index in [4.69, 9.17) is 11.5 Å². The Kier molecular flexibility index (Phi) is 45.2. The zero-order valence-electron chi connectivity index (χ0n) is 4.37. The van der Waals surface area contributed by atoms with Crippen LogP contribution in [-0.2, 0) is 39.6 Å². The predicted octanol–water partition coefficient (Wildman–Crippen LogP) is -0.737. The summed E-state index contributed by atoms with van der Waals surface area (Å²) in [4.78, 5) is 0. The molecule has 0 rings (SSSR count). The van der Waals surface area contributed by atoms with Gasteiger partial charge in [0.1, 0.15) is 0 Å². The molecule has 0 spiro atoms. The summed E-state index contributed by atoms with van der Waals surface area (Å²) in [7, 11) is 0. The fourth-order valence-electron chi connectivity index (χ4n) is 0. The van der Waals surface area contributed by atoms with Gasteiger partial charge in [0.2, 0.25) is 0 Å². The molecule has 0 aromatic heterocycles. The van der Waals surface area contributed by atoms with Gasteiger partial charge in [0, 0.05) is 70.7 Å². The summed E-state index contributed by atoms with van der Waals surface area (Å²) in [6.07, 6.45) is 0. The van der Waals surface area contributed by atoms with Crippen LogP contribution in [0.25, 0.3) is 0 Å². The van der Waals surface area contributed by atoms with Crippen LogP contribution in [-0.4, -0.2) is 6.04 Å². The number of rotatable bonds is 1. The van der Waals surface area contributed by atoms with Gasteiger partial charge in [0.15, 0.2) is 0 Å². The van der Waals surface area contributed by atoms with Crippen molar-refractivity contribution in [3.8, 4) is 0 Å². The van der Waals surface area contributed by atoms with Gasteiger partial charge >= 0.3 is 0 Å². The molecule has 0 saturated carbocycles. The SMILES string of the molecule is [CH2-]C(N)[CH-]N.[U].[V].[W]. The Morgan fingerprint density at radius 3 is 1.62 bits per heavy atom. The molecule has 0 aliphatic heterocycles. The van der Waals surface area contributed by atoms with E-state index < -0.39 is 0 Å². The first-order valence-corrected chi connectivity index (χ1v) is 1.41. The van der Waals surface area contributed by atoms with Crippen molar-refractivity contribution >= 4 is 0 Å². The Morgan fingerprint density at radius 1 is 1.50 bits per heavy atom. The molecule has 0 aliphatic carbocycles. The van der Waals surface area contributed by atoms with E-state index in [2.05, 4.69) is 6.92 Å². The number of nitrogens with two attached hydrogens (primary N) is 2. The van der Waals surface area contributed by atoms with Crippen molar-refractivity contribution in [1.82, 2.24) is 0 Å². The molecule has 0 saturated heterocycles. The van der Waals surface area contributed by atoms with E-state index >= 15 is 0 Å². The topological polar surface area (TPSA) is 52.0 Å². The summed E-state index contributed by atoms with van der Waals surface area (Å²) in [5.74, 6) is 0. The first kappa shape index (κ1) is 22.5. The first-order valence-electron chi connectivity index (χ1n) is 1.41. The third kappa shape index (κ3) is 24.0. The molecular formula is C3H8N2UVW-2. The van der Waals surface area contributed by atoms with Crippen LogP contribution in [0, 0.1) is 44.6 Å². The molecule has 8 heavy (non-hydrogen) atoms. The molecule has 0 bridgehead atoms. The molecule has 0 aromatic rings. The summed E-state index contributed by atoms with van der Waals surface area (Å²) in [5.41, 5.74) is 9.86. The van der Waals surface area contributed by atoms with Crippen LogP contribution in [0.5, 0.6) is 0 Å². The van der Waals surface area contributed by atoms with Crippen LogP contribution < -0.4 is 11.5 Å². The van der Waals surface area contributed by atoms with Gasteiger partial charge in [-0.15, -0.1) is 0 Å². The molecule has 0 heterocycles. The Hall–Kier alpha value is 2.24. The molecule has 0 fully saturated rings.